The maximum absolute atomic E-state index is 8.78. The van der Waals surface area contributed by atoms with Gasteiger partial charge in [-0.3, -0.25) is 5.10 Å². The fourth-order valence-electron chi connectivity index (χ4n) is 1.88. The Morgan fingerprint density at radius 2 is 2.37 bits per heavy atom. The van der Waals surface area contributed by atoms with E-state index in [4.69, 9.17) is 5.11 Å². The lowest BCUT2D eigenvalue weighted by Crippen LogP contribution is -2.15. The highest BCUT2D eigenvalue weighted by Gasteiger charge is 2.01. The first-order valence-electron chi connectivity index (χ1n) is 6.49. The smallest absolute Gasteiger partial charge is 0.0964 e. The molecule has 0 radical (unpaired) electrons. The van der Waals surface area contributed by atoms with Crippen LogP contribution in [0.5, 0.6) is 0 Å². The Morgan fingerprint density at radius 1 is 1.47 bits per heavy atom. The molecule has 0 aliphatic rings. The Labute approximate surface area is 112 Å². The van der Waals surface area contributed by atoms with Crippen LogP contribution in [0, 0.1) is 6.92 Å². The molecule has 0 amide bonds. The van der Waals surface area contributed by atoms with Gasteiger partial charge in [0, 0.05) is 18.4 Å². The van der Waals surface area contributed by atoms with E-state index in [1.807, 2.05) is 19.3 Å². The molecule has 2 aromatic rings. The van der Waals surface area contributed by atoms with Crippen LogP contribution in [0.1, 0.15) is 23.4 Å². The van der Waals surface area contributed by atoms with Crippen molar-refractivity contribution in [1.82, 2.24) is 30.5 Å². The van der Waals surface area contributed by atoms with Crippen LogP contribution in [-0.4, -0.2) is 43.4 Å². The molecule has 3 N–H and O–H groups in total. The molecular weight excluding hydrogens is 244 g/mol. The van der Waals surface area contributed by atoms with Crippen molar-refractivity contribution < 1.29 is 5.11 Å². The lowest BCUT2D eigenvalue weighted by Gasteiger charge is -2.02. The first-order valence-corrected chi connectivity index (χ1v) is 6.49. The zero-order chi connectivity index (χ0) is 13.5. The van der Waals surface area contributed by atoms with Gasteiger partial charge in [-0.25, -0.2) is 4.68 Å². The molecule has 0 unspecified atom stereocenters. The summed E-state index contributed by atoms with van der Waals surface area (Å²) in [6.45, 7) is 4.25. The minimum atomic E-state index is 0.0836. The molecule has 0 aromatic carbocycles. The van der Waals surface area contributed by atoms with Gasteiger partial charge in [0.2, 0.25) is 0 Å². The van der Waals surface area contributed by atoms with Crippen molar-refractivity contribution in [2.75, 3.05) is 13.2 Å². The van der Waals surface area contributed by atoms with Gasteiger partial charge in [0.1, 0.15) is 0 Å². The van der Waals surface area contributed by atoms with E-state index in [0.29, 0.717) is 13.1 Å². The number of aromatic nitrogens is 5. The first kappa shape index (κ1) is 13.7. The number of aliphatic hydroxyl groups is 1. The molecule has 0 spiro atoms. The number of nitrogens with one attached hydrogen (secondary N) is 2. The van der Waals surface area contributed by atoms with Crippen molar-refractivity contribution in [2.45, 2.75) is 32.9 Å². The summed E-state index contributed by atoms with van der Waals surface area (Å²) in [5.74, 6) is 0. The Balaban J connectivity index is 1.62. The second-order valence-corrected chi connectivity index (χ2v) is 4.50. The number of aliphatic hydroxyl groups excluding tert-OH is 1. The van der Waals surface area contributed by atoms with Crippen molar-refractivity contribution in [2.24, 2.45) is 0 Å². The van der Waals surface area contributed by atoms with E-state index in [-0.39, 0.29) is 6.61 Å². The molecule has 0 atom stereocenters. The summed E-state index contributed by atoms with van der Waals surface area (Å²) in [6, 6.07) is 0. The minimum absolute atomic E-state index is 0.0836. The molecule has 0 fully saturated rings. The molecule has 104 valence electrons. The third-order valence-corrected chi connectivity index (χ3v) is 2.96. The third kappa shape index (κ3) is 4.15. The van der Waals surface area contributed by atoms with Crippen LogP contribution >= 0.6 is 0 Å². The number of hydrogen-bond donors (Lipinski definition) is 3. The molecule has 2 rings (SSSR count). The Morgan fingerprint density at radius 3 is 3.11 bits per heavy atom. The normalized spacial score (nSPS) is 11.1. The lowest BCUT2D eigenvalue weighted by atomic mass is 10.1. The zero-order valence-corrected chi connectivity index (χ0v) is 11.1. The van der Waals surface area contributed by atoms with Gasteiger partial charge >= 0.3 is 0 Å². The van der Waals surface area contributed by atoms with Gasteiger partial charge in [0.15, 0.2) is 0 Å². The number of rotatable bonds is 8. The Hall–Kier alpha value is -1.73. The molecule has 0 saturated heterocycles. The second-order valence-electron chi connectivity index (χ2n) is 4.50. The van der Waals surface area contributed by atoms with Crippen LogP contribution in [0.4, 0.5) is 0 Å². The van der Waals surface area contributed by atoms with Gasteiger partial charge < -0.3 is 10.4 Å². The second kappa shape index (κ2) is 7.01. The SMILES string of the molecule is Cc1[nH]ncc1CCCNCc1cn(CCO)nn1. The highest BCUT2D eigenvalue weighted by atomic mass is 16.3. The van der Waals surface area contributed by atoms with Crippen LogP contribution in [0.15, 0.2) is 12.4 Å². The summed E-state index contributed by atoms with van der Waals surface area (Å²) in [5.41, 5.74) is 3.32. The predicted octanol–water partition coefficient (Wildman–Crippen LogP) is 0.0243. The van der Waals surface area contributed by atoms with E-state index < -0.39 is 0 Å². The maximum atomic E-state index is 8.78. The van der Waals surface area contributed by atoms with E-state index >= 15 is 0 Å². The summed E-state index contributed by atoms with van der Waals surface area (Å²) in [4.78, 5) is 0. The quantitative estimate of drug-likeness (QED) is 0.585. The van der Waals surface area contributed by atoms with Gasteiger partial charge in [0.25, 0.3) is 0 Å². The zero-order valence-electron chi connectivity index (χ0n) is 11.1. The molecule has 0 bridgehead atoms. The van der Waals surface area contributed by atoms with E-state index in [1.54, 1.807) is 4.68 Å². The summed E-state index contributed by atoms with van der Waals surface area (Å²) in [5, 5.41) is 27.0. The van der Waals surface area contributed by atoms with Crippen molar-refractivity contribution in [3.8, 4) is 0 Å². The first-order chi connectivity index (χ1) is 9.29. The van der Waals surface area contributed by atoms with Crippen LogP contribution in [0.3, 0.4) is 0 Å². The van der Waals surface area contributed by atoms with Crippen LogP contribution < -0.4 is 5.32 Å². The van der Waals surface area contributed by atoms with Crippen molar-refractivity contribution in [3.63, 3.8) is 0 Å². The Kier molecular flexibility index (Phi) is 5.05. The molecular formula is C12H20N6O. The highest BCUT2D eigenvalue weighted by Crippen LogP contribution is 2.05. The van der Waals surface area contributed by atoms with Crippen molar-refractivity contribution in [3.05, 3.63) is 29.3 Å². The highest BCUT2D eigenvalue weighted by molar-refractivity contribution is 5.14. The van der Waals surface area contributed by atoms with Gasteiger partial charge in [-0.1, -0.05) is 5.21 Å². The summed E-state index contributed by atoms with van der Waals surface area (Å²) >= 11 is 0. The summed E-state index contributed by atoms with van der Waals surface area (Å²) in [6.07, 6.45) is 5.82. The number of aromatic amines is 1. The summed E-state index contributed by atoms with van der Waals surface area (Å²) < 4.78 is 1.64. The van der Waals surface area contributed by atoms with Gasteiger partial charge in [-0.15, -0.1) is 5.10 Å². The predicted molar refractivity (Wildman–Crippen MR) is 70.5 cm³/mol. The van der Waals surface area contributed by atoms with Gasteiger partial charge in [-0.2, -0.15) is 5.10 Å². The monoisotopic (exact) mass is 264 g/mol. The lowest BCUT2D eigenvalue weighted by molar-refractivity contribution is 0.268. The number of nitrogens with zero attached hydrogens (tertiary/aromatic N) is 4. The molecule has 0 saturated carbocycles. The topological polar surface area (TPSA) is 91.7 Å². The standard InChI is InChI=1S/C12H20N6O/c1-10-11(7-14-15-10)3-2-4-13-8-12-9-18(5-6-19)17-16-12/h7,9,13,19H,2-6,8H2,1H3,(H,14,15). The largest absolute Gasteiger partial charge is 0.394 e. The minimum Gasteiger partial charge on any atom is -0.394 e. The Bertz CT molecular complexity index is 492. The molecule has 0 aliphatic carbocycles. The molecule has 7 heteroatoms. The molecule has 2 heterocycles. The third-order valence-electron chi connectivity index (χ3n) is 2.96. The van der Waals surface area contributed by atoms with E-state index in [2.05, 4.69) is 25.8 Å². The average molecular weight is 264 g/mol. The average Bonchev–Trinajstić information content (AvgIpc) is 3.00. The maximum Gasteiger partial charge on any atom is 0.0964 e. The van der Waals surface area contributed by atoms with Crippen molar-refractivity contribution >= 4 is 0 Å². The van der Waals surface area contributed by atoms with Crippen LogP contribution in [0.25, 0.3) is 0 Å². The number of hydrogen-bond acceptors (Lipinski definition) is 5. The van der Waals surface area contributed by atoms with Crippen molar-refractivity contribution in [1.29, 1.82) is 0 Å². The number of aryl methyl sites for hydroxylation is 2. The van der Waals surface area contributed by atoms with E-state index in [9.17, 15) is 0 Å². The van der Waals surface area contributed by atoms with Crippen LogP contribution in [-0.2, 0) is 19.5 Å². The van der Waals surface area contributed by atoms with Crippen LogP contribution in [0.2, 0.25) is 0 Å². The molecule has 2 aromatic heterocycles. The van der Waals surface area contributed by atoms with E-state index in [0.717, 1.165) is 30.8 Å². The fourth-order valence-corrected chi connectivity index (χ4v) is 1.88. The number of H-pyrrole nitrogens is 1. The van der Waals surface area contributed by atoms with E-state index in [1.165, 1.54) is 5.56 Å². The molecule has 0 aliphatic heterocycles. The van der Waals surface area contributed by atoms with Gasteiger partial charge in [-0.05, 0) is 31.9 Å². The molecule has 7 nitrogen and oxygen atoms in total. The fraction of sp³-hybridized carbons (Fsp3) is 0.583. The molecule has 19 heavy (non-hydrogen) atoms. The summed E-state index contributed by atoms with van der Waals surface area (Å²) in [7, 11) is 0. The van der Waals surface area contributed by atoms with Gasteiger partial charge in [0.05, 0.1) is 25.0 Å².